The lowest BCUT2D eigenvalue weighted by atomic mass is 9.58. The summed E-state index contributed by atoms with van der Waals surface area (Å²) in [4.78, 5) is 14.3. The number of likely N-dealkylation sites (N-methyl/N-ethyl adjacent to an activating group) is 1. The molecule has 192 valence electrons. The maximum absolute atomic E-state index is 11.9. The summed E-state index contributed by atoms with van der Waals surface area (Å²) in [6.45, 7) is 8.54. The summed E-state index contributed by atoms with van der Waals surface area (Å²) >= 11 is 6.04. The van der Waals surface area contributed by atoms with Crippen LogP contribution in [0.25, 0.3) is 0 Å². The van der Waals surface area contributed by atoms with E-state index in [4.69, 9.17) is 16.2 Å². The highest BCUT2D eigenvalue weighted by Gasteiger charge is 2.65. The number of halogens is 1. The van der Waals surface area contributed by atoms with E-state index in [-0.39, 0.29) is 17.1 Å². The van der Waals surface area contributed by atoms with Gasteiger partial charge < -0.3 is 4.90 Å². The van der Waals surface area contributed by atoms with Crippen LogP contribution in [-0.4, -0.2) is 49.5 Å². The van der Waals surface area contributed by atoms with Crippen molar-refractivity contribution in [2.75, 3.05) is 19.8 Å². The van der Waals surface area contributed by atoms with E-state index in [1.807, 2.05) is 26.0 Å². The van der Waals surface area contributed by atoms with Crippen molar-refractivity contribution in [1.82, 2.24) is 4.90 Å². The van der Waals surface area contributed by atoms with E-state index in [0.29, 0.717) is 24.3 Å². The summed E-state index contributed by atoms with van der Waals surface area (Å²) in [5.41, 5.74) is 0.700. The molecule has 1 aromatic carbocycles. The molecule has 1 N–H and O–H groups in total. The summed E-state index contributed by atoms with van der Waals surface area (Å²) in [6, 6.07) is 9.18. The Labute approximate surface area is 211 Å². The SMILES string of the molecule is CC(C)CC(N(C)C)C1(c2ccc(Cl)cc2)CCC1.CC1(C)C2CCC1(CS(=O)(=O)O)C(=O)C2. The van der Waals surface area contributed by atoms with Gasteiger partial charge in [-0.2, -0.15) is 8.42 Å². The normalized spacial score (nSPS) is 27.9. The minimum Gasteiger partial charge on any atom is -0.306 e. The van der Waals surface area contributed by atoms with Crippen molar-refractivity contribution in [2.45, 2.75) is 84.1 Å². The van der Waals surface area contributed by atoms with Crippen LogP contribution in [0.3, 0.4) is 0 Å². The predicted octanol–water partition coefficient (Wildman–Crippen LogP) is 6.01. The molecule has 3 unspecified atom stereocenters. The van der Waals surface area contributed by atoms with Gasteiger partial charge in [0, 0.05) is 22.9 Å². The van der Waals surface area contributed by atoms with Crippen molar-refractivity contribution < 1.29 is 17.8 Å². The van der Waals surface area contributed by atoms with Crippen molar-refractivity contribution in [2.24, 2.45) is 22.7 Å². The minimum absolute atomic E-state index is 0.0152. The molecule has 2 bridgehead atoms. The molecule has 1 aromatic rings. The minimum atomic E-state index is -4.08. The molecule has 0 radical (unpaired) electrons. The third-order valence-corrected chi connectivity index (χ3v) is 10.3. The highest BCUT2D eigenvalue weighted by molar-refractivity contribution is 7.85. The number of carbonyl (C=O) groups excluding carboxylic acids is 1. The molecule has 7 heteroatoms. The highest BCUT2D eigenvalue weighted by Crippen LogP contribution is 2.64. The van der Waals surface area contributed by atoms with E-state index >= 15 is 0 Å². The molecule has 4 rings (SSSR count). The van der Waals surface area contributed by atoms with Gasteiger partial charge in [-0.05, 0) is 81.1 Å². The lowest BCUT2D eigenvalue weighted by Crippen LogP contribution is -2.52. The highest BCUT2D eigenvalue weighted by atomic mass is 35.5. The second-order valence-corrected chi connectivity index (χ2v) is 13.9. The molecule has 3 aliphatic carbocycles. The first-order chi connectivity index (χ1) is 15.6. The van der Waals surface area contributed by atoms with Gasteiger partial charge in [-0.15, -0.1) is 0 Å². The van der Waals surface area contributed by atoms with Crippen molar-refractivity contribution in [3.05, 3.63) is 34.9 Å². The van der Waals surface area contributed by atoms with Gasteiger partial charge in [0.05, 0.1) is 11.2 Å². The van der Waals surface area contributed by atoms with Crippen LogP contribution in [0.5, 0.6) is 0 Å². The van der Waals surface area contributed by atoms with Crippen LogP contribution in [0.15, 0.2) is 24.3 Å². The van der Waals surface area contributed by atoms with Crippen LogP contribution < -0.4 is 0 Å². The molecule has 0 spiro atoms. The van der Waals surface area contributed by atoms with Gasteiger partial charge in [0.1, 0.15) is 5.78 Å². The second-order valence-electron chi connectivity index (χ2n) is 12.0. The average molecular weight is 512 g/mol. The Hall–Kier alpha value is -0.950. The Morgan fingerprint density at radius 3 is 2.06 bits per heavy atom. The van der Waals surface area contributed by atoms with E-state index < -0.39 is 21.3 Å². The smallest absolute Gasteiger partial charge is 0.265 e. The Balaban J connectivity index is 0.000000196. The Kier molecular flexibility index (Phi) is 7.99. The van der Waals surface area contributed by atoms with Gasteiger partial charge in [-0.1, -0.05) is 57.8 Å². The van der Waals surface area contributed by atoms with Crippen molar-refractivity contribution in [1.29, 1.82) is 0 Å². The maximum Gasteiger partial charge on any atom is 0.265 e. The second kappa shape index (κ2) is 9.84. The number of Topliss-reactive ketones (excluding diaryl/α,β-unsaturated/α-hetero) is 1. The number of hydrogen-bond donors (Lipinski definition) is 1. The number of benzene rings is 1. The summed E-state index contributed by atoms with van der Waals surface area (Å²) in [5, 5.41) is 0.837. The third-order valence-electron chi connectivity index (χ3n) is 9.19. The molecule has 3 saturated carbocycles. The Bertz CT molecular complexity index is 982. The molecule has 5 nitrogen and oxygen atoms in total. The van der Waals surface area contributed by atoms with Gasteiger partial charge >= 0.3 is 0 Å². The van der Waals surface area contributed by atoms with Crippen LogP contribution in [0, 0.1) is 22.7 Å². The van der Waals surface area contributed by atoms with Gasteiger partial charge in [0.25, 0.3) is 10.1 Å². The molecular formula is C27H42ClNO4S. The van der Waals surface area contributed by atoms with Crippen LogP contribution in [0.2, 0.25) is 5.02 Å². The quantitative estimate of drug-likeness (QED) is 0.454. The molecule has 0 aliphatic heterocycles. The van der Waals surface area contributed by atoms with Crippen molar-refractivity contribution in [3.63, 3.8) is 0 Å². The first-order valence-electron chi connectivity index (χ1n) is 12.6. The standard InChI is InChI=1S/C17H26ClN.C10H16O4S/c1-13(2)12-16(19(3)4)17(10-5-11-17)14-6-8-15(18)9-7-14;1-9(2)7-3-4-10(9,8(11)5-7)6-15(12,13)14/h6-9,13,16H,5,10-12H2,1-4H3;7H,3-6H2,1-2H3,(H,12,13,14). The molecule has 34 heavy (non-hydrogen) atoms. The fourth-order valence-corrected chi connectivity index (χ4v) is 8.38. The molecule has 0 amide bonds. The van der Waals surface area contributed by atoms with Crippen molar-refractivity contribution >= 4 is 27.5 Å². The van der Waals surface area contributed by atoms with Crippen LogP contribution in [0.1, 0.15) is 78.2 Å². The zero-order valence-electron chi connectivity index (χ0n) is 21.6. The Morgan fingerprint density at radius 2 is 1.71 bits per heavy atom. The molecule has 3 fully saturated rings. The average Bonchev–Trinajstić information content (AvgIpc) is 3.01. The zero-order chi connectivity index (χ0) is 25.5. The summed E-state index contributed by atoms with van der Waals surface area (Å²) < 4.78 is 31.0. The molecule has 0 aromatic heterocycles. The van der Waals surface area contributed by atoms with Gasteiger partial charge in [-0.3, -0.25) is 9.35 Å². The first kappa shape index (κ1) is 27.6. The van der Waals surface area contributed by atoms with Crippen LogP contribution in [-0.2, 0) is 20.3 Å². The molecular weight excluding hydrogens is 470 g/mol. The lowest BCUT2D eigenvalue weighted by Gasteiger charge is -2.51. The topological polar surface area (TPSA) is 74.7 Å². The first-order valence-corrected chi connectivity index (χ1v) is 14.5. The third kappa shape index (κ3) is 5.11. The summed E-state index contributed by atoms with van der Waals surface area (Å²) in [5.74, 6) is 0.632. The predicted molar refractivity (Wildman–Crippen MR) is 139 cm³/mol. The number of nitrogens with zero attached hydrogens (tertiary/aromatic N) is 1. The van der Waals surface area contributed by atoms with Gasteiger partial charge in [-0.25, -0.2) is 0 Å². The molecule has 0 saturated heterocycles. The monoisotopic (exact) mass is 511 g/mol. The lowest BCUT2D eigenvalue weighted by molar-refractivity contribution is -0.128. The van der Waals surface area contributed by atoms with E-state index in [1.165, 1.54) is 31.2 Å². The fourth-order valence-electron chi connectivity index (χ4n) is 6.95. The maximum atomic E-state index is 11.9. The fraction of sp³-hybridized carbons (Fsp3) is 0.741. The van der Waals surface area contributed by atoms with Gasteiger partial charge in [0.2, 0.25) is 0 Å². The van der Waals surface area contributed by atoms with E-state index in [1.54, 1.807) is 0 Å². The largest absolute Gasteiger partial charge is 0.306 e. The van der Waals surface area contributed by atoms with E-state index in [2.05, 4.69) is 45.0 Å². The number of fused-ring (bicyclic) bond motifs is 2. The number of ketones is 1. The van der Waals surface area contributed by atoms with Crippen LogP contribution >= 0.6 is 11.6 Å². The number of hydrogen-bond acceptors (Lipinski definition) is 4. The Morgan fingerprint density at radius 1 is 1.12 bits per heavy atom. The van der Waals surface area contributed by atoms with Crippen molar-refractivity contribution in [3.8, 4) is 0 Å². The number of carbonyl (C=O) groups is 1. The molecule has 3 aliphatic rings. The molecule has 0 heterocycles. The summed E-state index contributed by atoms with van der Waals surface area (Å²) in [7, 11) is 0.374. The van der Waals surface area contributed by atoms with E-state index in [0.717, 1.165) is 17.4 Å². The van der Waals surface area contributed by atoms with E-state index in [9.17, 15) is 13.2 Å². The zero-order valence-corrected chi connectivity index (χ0v) is 23.2. The van der Waals surface area contributed by atoms with Crippen LogP contribution in [0.4, 0.5) is 0 Å². The number of rotatable bonds is 7. The van der Waals surface area contributed by atoms with Gasteiger partial charge in [0.15, 0.2) is 0 Å². The molecule has 3 atom stereocenters. The summed E-state index contributed by atoms with van der Waals surface area (Å²) in [6.07, 6.45) is 7.20.